The predicted octanol–water partition coefficient (Wildman–Crippen LogP) is 3.00. The number of anilines is 1. The van der Waals surface area contributed by atoms with E-state index in [1.807, 2.05) is 0 Å². The molecule has 1 aliphatic heterocycles. The highest BCUT2D eigenvalue weighted by Gasteiger charge is 2.39. The summed E-state index contributed by atoms with van der Waals surface area (Å²) in [6.07, 6.45) is 1.60. The first-order chi connectivity index (χ1) is 16.4. The Kier molecular flexibility index (Phi) is 5.55. The second-order valence-corrected chi connectivity index (χ2v) is 8.35. The monoisotopic (exact) mass is 497 g/mol. The topological polar surface area (TPSA) is 113 Å². The highest BCUT2D eigenvalue weighted by molar-refractivity contribution is 6.30. The smallest absolute Gasteiger partial charge is 0.362 e. The van der Waals surface area contributed by atoms with Crippen LogP contribution in [0.3, 0.4) is 0 Å². The Morgan fingerprint density at radius 2 is 1.76 bits per heavy atom. The van der Waals surface area contributed by atoms with Crippen LogP contribution < -0.4 is 22.3 Å². The third-order valence-corrected chi connectivity index (χ3v) is 5.87. The van der Waals surface area contributed by atoms with E-state index in [4.69, 9.17) is 42.5 Å². The van der Waals surface area contributed by atoms with E-state index < -0.39 is 17.5 Å². The molecule has 34 heavy (non-hydrogen) atoms. The van der Waals surface area contributed by atoms with Gasteiger partial charge >= 0.3 is 11.6 Å². The molecule has 5 rings (SSSR count). The number of nitrogen functional groups attached to an aromatic ring is 1. The third kappa shape index (κ3) is 3.70. The Bertz CT molecular complexity index is 1580. The van der Waals surface area contributed by atoms with E-state index in [0.29, 0.717) is 26.9 Å². The molecule has 1 aliphatic rings. The number of hydrogen-bond donors (Lipinski definition) is 1. The number of hydrogen-bond acceptors (Lipinski definition) is 7. The minimum atomic E-state index is -0.763. The van der Waals surface area contributed by atoms with Crippen molar-refractivity contribution in [2.75, 3.05) is 12.3 Å². The summed E-state index contributed by atoms with van der Waals surface area (Å²) in [5.74, 6) is -1.25. The van der Waals surface area contributed by atoms with Gasteiger partial charge in [0.1, 0.15) is 16.6 Å². The number of aromatic nitrogens is 2. The van der Waals surface area contributed by atoms with Gasteiger partial charge in [0.15, 0.2) is 0 Å². The number of fused-ring (bicyclic) bond motifs is 3. The first kappa shape index (κ1) is 22.1. The molecule has 0 fully saturated rings. The summed E-state index contributed by atoms with van der Waals surface area (Å²) < 4.78 is 18.0. The van der Waals surface area contributed by atoms with Crippen molar-refractivity contribution in [1.29, 1.82) is 0 Å². The van der Waals surface area contributed by atoms with Gasteiger partial charge in [0.25, 0.3) is 6.01 Å². The summed E-state index contributed by atoms with van der Waals surface area (Å²) >= 11 is 12.0. The Hall–Kier alpha value is -3.75. The molecule has 10 heteroatoms. The molecule has 1 atom stereocenters. The molecule has 8 nitrogen and oxygen atoms in total. The lowest BCUT2D eigenvalue weighted by molar-refractivity contribution is -0.136. The van der Waals surface area contributed by atoms with Crippen LogP contribution in [-0.2, 0) is 9.53 Å². The number of nitrogens with zero attached hydrogens (tertiary/aromatic N) is 2. The third-order valence-electron chi connectivity index (χ3n) is 5.36. The zero-order chi connectivity index (χ0) is 24.0. The fourth-order valence-electron chi connectivity index (χ4n) is 3.95. The maximum absolute atomic E-state index is 13.2. The fourth-order valence-corrected chi connectivity index (χ4v) is 4.20. The van der Waals surface area contributed by atoms with Crippen LogP contribution in [0.5, 0.6) is 0 Å². The molecule has 3 heterocycles. The number of ether oxygens (including phenoxy) is 1. The molecule has 4 aromatic rings. The van der Waals surface area contributed by atoms with Crippen LogP contribution in [0, 0.1) is 0 Å². The number of halogens is 2. The van der Waals surface area contributed by atoms with E-state index in [9.17, 15) is 9.59 Å². The first-order valence-corrected chi connectivity index (χ1v) is 11.1. The second-order valence-electron chi connectivity index (χ2n) is 7.47. The molecule has 0 bridgehead atoms. The molecule has 172 valence electrons. The highest BCUT2D eigenvalue weighted by atomic mass is 35.5. The molecule has 0 saturated heterocycles. The Labute approximate surface area is 202 Å². The zero-order valence-electron chi connectivity index (χ0n) is 17.7. The van der Waals surface area contributed by atoms with Crippen LogP contribution in [0.1, 0.15) is 29.7 Å². The van der Waals surface area contributed by atoms with E-state index in [-0.39, 0.29) is 35.0 Å². The fraction of sp³-hybridized carbons (Fsp3) is 0.125. The lowest BCUT2D eigenvalue weighted by Gasteiger charge is -2.21. The maximum atomic E-state index is 13.2. The van der Waals surface area contributed by atoms with Crippen LogP contribution in [0.2, 0.25) is 10.0 Å². The van der Waals surface area contributed by atoms with E-state index in [1.165, 1.54) is 4.57 Å². The molecular weight excluding hydrogens is 481 g/mol. The highest BCUT2D eigenvalue weighted by Crippen LogP contribution is 2.38. The van der Waals surface area contributed by atoms with Crippen LogP contribution in [0.15, 0.2) is 62.2 Å². The molecule has 0 radical (unpaired) electrons. The standard InChI is InChI=1S/C24H17Cl2N3O5/c1-2-32-23(31)18-17(13-5-9-15(26)10-6-13)19-21(34-24(27)28-19)29-16(22(30)33-20(18)29)11-12-3-7-14(25)8-4-12/h3-11,17H,2H2,1H3,(H2,27,28)/b16-11+/t17-/m1/s1. The average Bonchev–Trinajstić information content (AvgIpc) is 3.34. The molecule has 0 saturated carbocycles. The van der Waals surface area contributed by atoms with Crippen molar-refractivity contribution >= 4 is 46.8 Å². The predicted molar refractivity (Wildman–Crippen MR) is 126 cm³/mol. The average molecular weight is 498 g/mol. The molecule has 2 N–H and O–H groups in total. The van der Waals surface area contributed by atoms with E-state index in [1.54, 1.807) is 61.5 Å². The second kappa shape index (κ2) is 8.55. The Morgan fingerprint density at radius 1 is 1.12 bits per heavy atom. The molecule has 0 aliphatic carbocycles. The van der Waals surface area contributed by atoms with Crippen molar-refractivity contribution in [2.24, 2.45) is 0 Å². The van der Waals surface area contributed by atoms with Crippen molar-refractivity contribution in [3.63, 3.8) is 0 Å². The number of carbonyl (C=O) groups is 1. The molecule has 2 aromatic carbocycles. The van der Waals surface area contributed by atoms with Gasteiger partial charge < -0.3 is 19.3 Å². The van der Waals surface area contributed by atoms with Gasteiger partial charge in [-0.3, -0.25) is 0 Å². The van der Waals surface area contributed by atoms with Gasteiger partial charge in [-0.1, -0.05) is 47.5 Å². The number of rotatable bonds is 4. The first-order valence-electron chi connectivity index (χ1n) is 10.3. The molecule has 0 unspecified atom stereocenters. The van der Waals surface area contributed by atoms with Gasteiger partial charge in [-0.05, 0) is 48.4 Å². The largest absolute Gasteiger partial charge is 0.462 e. The normalized spacial score (nSPS) is 15.2. The summed E-state index contributed by atoms with van der Waals surface area (Å²) in [5, 5.41) is 1.19. The van der Waals surface area contributed by atoms with Crippen LogP contribution in [-0.4, -0.2) is 22.1 Å². The SMILES string of the molecule is CCOC(=O)C1=c2oc(=O)/c(=C\c3ccc(Cl)cc3)n2-c2oc(N)nc2[C@@H]1c1ccc(Cl)cc1. The van der Waals surface area contributed by atoms with Crippen molar-refractivity contribution in [2.45, 2.75) is 12.8 Å². The van der Waals surface area contributed by atoms with Crippen molar-refractivity contribution in [1.82, 2.24) is 9.55 Å². The van der Waals surface area contributed by atoms with Crippen molar-refractivity contribution in [3.8, 4) is 5.88 Å². The van der Waals surface area contributed by atoms with Gasteiger partial charge in [0, 0.05) is 10.0 Å². The van der Waals surface area contributed by atoms with Gasteiger partial charge in [0.2, 0.25) is 11.4 Å². The van der Waals surface area contributed by atoms with Crippen LogP contribution >= 0.6 is 23.2 Å². The van der Waals surface area contributed by atoms with E-state index >= 15 is 0 Å². The lowest BCUT2D eigenvalue weighted by Crippen LogP contribution is -2.37. The minimum absolute atomic E-state index is 0.0211. The minimum Gasteiger partial charge on any atom is -0.462 e. The summed E-state index contributed by atoms with van der Waals surface area (Å²) in [5.41, 5.74) is 7.00. The van der Waals surface area contributed by atoms with Gasteiger partial charge in [-0.15, -0.1) is 0 Å². The van der Waals surface area contributed by atoms with Gasteiger partial charge in [0.05, 0.1) is 12.5 Å². The summed E-state index contributed by atoms with van der Waals surface area (Å²) in [4.78, 5) is 30.5. The number of oxazole rings is 2. The summed E-state index contributed by atoms with van der Waals surface area (Å²) in [6, 6.07) is 13.6. The van der Waals surface area contributed by atoms with E-state index in [0.717, 1.165) is 0 Å². The number of carbonyl (C=O) groups excluding carboxylic acids is 1. The van der Waals surface area contributed by atoms with Gasteiger partial charge in [-0.25, -0.2) is 14.2 Å². The molecule has 0 amide bonds. The lowest BCUT2D eigenvalue weighted by atomic mass is 9.87. The van der Waals surface area contributed by atoms with Crippen molar-refractivity contribution in [3.05, 3.63) is 96.7 Å². The van der Waals surface area contributed by atoms with Crippen molar-refractivity contribution < 1.29 is 18.4 Å². The number of nitrogens with two attached hydrogens (primary N) is 1. The number of esters is 1. The van der Waals surface area contributed by atoms with Crippen LogP contribution in [0.25, 0.3) is 17.5 Å². The van der Waals surface area contributed by atoms with E-state index in [2.05, 4.69) is 4.98 Å². The summed E-state index contributed by atoms with van der Waals surface area (Å²) in [7, 11) is 0. The zero-order valence-corrected chi connectivity index (χ0v) is 19.3. The van der Waals surface area contributed by atoms with Gasteiger partial charge in [-0.2, -0.15) is 4.98 Å². The molecule has 2 aromatic heterocycles. The summed E-state index contributed by atoms with van der Waals surface area (Å²) in [6.45, 7) is 1.81. The Balaban J connectivity index is 1.88. The van der Waals surface area contributed by atoms with Crippen LogP contribution in [0.4, 0.5) is 6.01 Å². The molecule has 0 spiro atoms. The molecular formula is C24H17Cl2N3O5. The quantitative estimate of drug-likeness (QED) is 0.431. The maximum Gasteiger partial charge on any atom is 0.362 e. The number of benzene rings is 2. The Morgan fingerprint density at radius 3 is 2.41 bits per heavy atom.